The number of fused-ring (bicyclic) bond motifs is 1. The zero-order valence-electron chi connectivity index (χ0n) is 10.3. The molecule has 2 aromatic heterocycles. The van der Waals surface area contributed by atoms with Gasteiger partial charge >= 0.3 is 0 Å². The molecule has 3 rings (SSSR count). The number of rotatable bonds is 2. The molecule has 1 aliphatic heterocycles. The first-order valence-electron chi connectivity index (χ1n) is 6.08. The van der Waals surface area contributed by atoms with Gasteiger partial charge in [-0.1, -0.05) is 0 Å². The Balaban J connectivity index is 2.10. The van der Waals surface area contributed by atoms with Crippen LogP contribution in [0.3, 0.4) is 0 Å². The number of nitrogens with two attached hydrogens (primary N) is 1. The molecule has 18 heavy (non-hydrogen) atoms. The Kier molecular flexibility index (Phi) is 2.76. The second-order valence-electron chi connectivity index (χ2n) is 4.55. The number of hydrogen-bond acceptors (Lipinski definition) is 5. The van der Waals surface area contributed by atoms with Crippen LogP contribution >= 0.6 is 0 Å². The molecule has 2 N–H and O–H groups in total. The van der Waals surface area contributed by atoms with Crippen molar-refractivity contribution < 1.29 is 4.74 Å². The highest BCUT2D eigenvalue weighted by Gasteiger charge is 2.21. The van der Waals surface area contributed by atoms with E-state index in [0.717, 1.165) is 36.2 Å². The minimum absolute atomic E-state index is 0.249. The molecule has 0 unspecified atom stereocenters. The van der Waals surface area contributed by atoms with E-state index in [4.69, 9.17) is 10.5 Å². The van der Waals surface area contributed by atoms with Gasteiger partial charge in [0.2, 0.25) is 5.88 Å². The molecule has 1 atom stereocenters. The van der Waals surface area contributed by atoms with Crippen molar-refractivity contribution in [3.8, 4) is 5.88 Å². The number of nitrogens with zero attached hydrogens (tertiary/aromatic N) is 3. The summed E-state index contributed by atoms with van der Waals surface area (Å²) in [6.45, 7) is 1.84. The predicted octanol–water partition coefficient (Wildman–Crippen LogP) is 1.18. The molecule has 1 aliphatic rings. The molecule has 3 heterocycles. The predicted molar refractivity (Wildman–Crippen MR) is 70.9 cm³/mol. The van der Waals surface area contributed by atoms with Crippen molar-refractivity contribution >= 4 is 16.7 Å². The molecule has 5 heteroatoms. The molecular formula is C13H16N4O. The quantitative estimate of drug-likeness (QED) is 0.859. The smallest absolute Gasteiger partial charge is 0.213 e. The third kappa shape index (κ3) is 1.86. The van der Waals surface area contributed by atoms with Crippen molar-refractivity contribution in [1.29, 1.82) is 0 Å². The van der Waals surface area contributed by atoms with E-state index >= 15 is 0 Å². The zero-order chi connectivity index (χ0) is 12.5. The molecule has 0 spiro atoms. The Hall–Kier alpha value is -1.88. The van der Waals surface area contributed by atoms with Gasteiger partial charge in [0.05, 0.1) is 18.3 Å². The van der Waals surface area contributed by atoms with Gasteiger partial charge in [-0.15, -0.1) is 0 Å². The second-order valence-corrected chi connectivity index (χ2v) is 4.55. The lowest BCUT2D eigenvalue weighted by Gasteiger charge is -2.19. The molecule has 0 aliphatic carbocycles. The van der Waals surface area contributed by atoms with Crippen LogP contribution < -0.4 is 15.4 Å². The summed E-state index contributed by atoms with van der Waals surface area (Å²) < 4.78 is 5.18. The van der Waals surface area contributed by atoms with Gasteiger partial charge in [0.1, 0.15) is 5.52 Å². The van der Waals surface area contributed by atoms with E-state index in [1.165, 1.54) is 0 Å². The summed E-state index contributed by atoms with van der Waals surface area (Å²) in [4.78, 5) is 11.1. The van der Waals surface area contributed by atoms with Gasteiger partial charge in [0.25, 0.3) is 0 Å². The zero-order valence-corrected chi connectivity index (χ0v) is 10.3. The van der Waals surface area contributed by atoms with Gasteiger partial charge in [-0.2, -0.15) is 0 Å². The topological polar surface area (TPSA) is 64.3 Å². The Morgan fingerprint density at radius 2 is 2.28 bits per heavy atom. The second kappa shape index (κ2) is 4.42. The molecule has 0 aromatic carbocycles. The maximum Gasteiger partial charge on any atom is 0.213 e. The highest BCUT2D eigenvalue weighted by Crippen LogP contribution is 2.27. The average molecular weight is 244 g/mol. The molecule has 94 valence electrons. The summed E-state index contributed by atoms with van der Waals surface area (Å²) in [5.74, 6) is 0.611. The standard InChI is InChI=1S/C13H16N4O/c1-18-12-3-2-10-13(16-12)11(4-6-15-10)17-7-5-9(14)8-17/h2-4,6,9H,5,7-8,14H2,1H3/t9-/m1/s1. The van der Waals surface area contributed by atoms with Gasteiger partial charge < -0.3 is 15.4 Å². The fraction of sp³-hybridized carbons (Fsp3) is 0.385. The van der Waals surface area contributed by atoms with Crippen LogP contribution in [-0.4, -0.2) is 36.2 Å². The van der Waals surface area contributed by atoms with E-state index in [0.29, 0.717) is 5.88 Å². The normalized spacial score (nSPS) is 19.4. The monoisotopic (exact) mass is 244 g/mol. The first-order chi connectivity index (χ1) is 8.78. The number of hydrogen-bond donors (Lipinski definition) is 1. The SMILES string of the molecule is COc1ccc2nccc(N3CC[C@@H](N)C3)c2n1. The average Bonchev–Trinajstić information content (AvgIpc) is 2.84. The summed E-state index contributed by atoms with van der Waals surface area (Å²) in [6, 6.07) is 6.00. The van der Waals surface area contributed by atoms with Crippen LogP contribution in [0, 0.1) is 0 Å². The van der Waals surface area contributed by atoms with E-state index in [9.17, 15) is 0 Å². The lowest BCUT2D eigenvalue weighted by atomic mass is 10.2. The van der Waals surface area contributed by atoms with Gasteiger partial charge in [-0.3, -0.25) is 4.98 Å². The summed E-state index contributed by atoms with van der Waals surface area (Å²) in [5, 5.41) is 0. The highest BCUT2D eigenvalue weighted by molar-refractivity contribution is 5.88. The summed E-state index contributed by atoms with van der Waals surface area (Å²) in [5.41, 5.74) is 8.81. The van der Waals surface area contributed by atoms with Crippen LogP contribution in [0.5, 0.6) is 5.88 Å². The van der Waals surface area contributed by atoms with E-state index in [-0.39, 0.29) is 6.04 Å². The van der Waals surface area contributed by atoms with E-state index in [1.54, 1.807) is 7.11 Å². The third-order valence-corrected chi connectivity index (χ3v) is 3.31. The fourth-order valence-corrected chi connectivity index (χ4v) is 2.37. The molecular weight excluding hydrogens is 228 g/mol. The summed E-state index contributed by atoms with van der Waals surface area (Å²) in [7, 11) is 1.62. The molecule has 1 fully saturated rings. The first kappa shape index (κ1) is 11.2. The van der Waals surface area contributed by atoms with E-state index in [2.05, 4.69) is 14.9 Å². The van der Waals surface area contributed by atoms with E-state index < -0.39 is 0 Å². The van der Waals surface area contributed by atoms with Crippen molar-refractivity contribution in [3.63, 3.8) is 0 Å². The highest BCUT2D eigenvalue weighted by atomic mass is 16.5. The number of ether oxygens (including phenoxy) is 1. The van der Waals surface area contributed by atoms with Crippen LogP contribution in [0.2, 0.25) is 0 Å². The largest absolute Gasteiger partial charge is 0.481 e. The molecule has 0 bridgehead atoms. The number of pyridine rings is 2. The summed E-state index contributed by atoms with van der Waals surface area (Å²) >= 11 is 0. The molecule has 5 nitrogen and oxygen atoms in total. The van der Waals surface area contributed by atoms with Crippen LogP contribution in [0.1, 0.15) is 6.42 Å². The number of aromatic nitrogens is 2. The van der Waals surface area contributed by atoms with Crippen molar-refractivity contribution in [3.05, 3.63) is 24.4 Å². The van der Waals surface area contributed by atoms with Crippen molar-refractivity contribution in [2.75, 3.05) is 25.1 Å². The minimum Gasteiger partial charge on any atom is -0.481 e. The van der Waals surface area contributed by atoms with Crippen molar-refractivity contribution in [2.45, 2.75) is 12.5 Å². The lowest BCUT2D eigenvalue weighted by Crippen LogP contribution is -2.26. The molecule has 2 aromatic rings. The molecule has 1 saturated heterocycles. The Morgan fingerprint density at radius 3 is 3.00 bits per heavy atom. The minimum atomic E-state index is 0.249. The van der Waals surface area contributed by atoms with Gasteiger partial charge in [-0.25, -0.2) is 4.98 Å². The van der Waals surface area contributed by atoms with Crippen LogP contribution in [0.25, 0.3) is 11.0 Å². The van der Waals surface area contributed by atoms with Gasteiger partial charge in [0.15, 0.2) is 0 Å². The van der Waals surface area contributed by atoms with Crippen molar-refractivity contribution in [2.24, 2.45) is 5.73 Å². The van der Waals surface area contributed by atoms with Crippen LogP contribution in [-0.2, 0) is 0 Å². The lowest BCUT2D eigenvalue weighted by molar-refractivity contribution is 0.399. The first-order valence-corrected chi connectivity index (χ1v) is 6.08. The number of anilines is 1. The van der Waals surface area contributed by atoms with Gasteiger partial charge in [-0.05, 0) is 18.6 Å². The van der Waals surface area contributed by atoms with E-state index in [1.807, 2.05) is 24.4 Å². The molecule has 0 saturated carbocycles. The fourth-order valence-electron chi connectivity index (χ4n) is 2.37. The van der Waals surface area contributed by atoms with Gasteiger partial charge in [0, 0.05) is 31.4 Å². The van der Waals surface area contributed by atoms with Crippen LogP contribution in [0.15, 0.2) is 24.4 Å². The molecule has 0 amide bonds. The maximum atomic E-state index is 5.96. The summed E-state index contributed by atoms with van der Waals surface area (Å²) in [6.07, 6.45) is 2.84. The Bertz CT molecular complexity index is 572. The molecule has 0 radical (unpaired) electrons. The maximum absolute atomic E-state index is 5.96. The Labute approximate surface area is 106 Å². The third-order valence-electron chi connectivity index (χ3n) is 3.31. The Morgan fingerprint density at radius 1 is 1.39 bits per heavy atom. The number of methoxy groups -OCH3 is 1. The van der Waals surface area contributed by atoms with Crippen molar-refractivity contribution in [1.82, 2.24) is 9.97 Å². The van der Waals surface area contributed by atoms with Crippen LogP contribution in [0.4, 0.5) is 5.69 Å².